The molecule has 0 aliphatic heterocycles. The minimum Gasteiger partial charge on any atom is -0.376 e. The molecular formula is C16H28N4O. The second-order valence-electron chi connectivity index (χ2n) is 6.17. The fraction of sp³-hybridized carbons (Fsp3) is 0.750. The zero-order chi connectivity index (χ0) is 15.3. The molecule has 1 fully saturated rings. The molecule has 2 rings (SSSR count). The molecule has 5 nitrogen and oxygen atoms in total. The van der Waals surface area contributed by atoms with Crippen LogP contribution in [-0.4, -0.2) is 35.8 Å². The van der Waals surface area contributed by atoms with Gasteiger partial charge in [0.05, 0.1) is 5.60 Å². The van der Waals surface area contributed by atoms with Gasteiger partial charge in [-0.15, -0.1) is 0 Å². The van der Waals surface area contributed by atoms with E-state index in [0.717, 1.165) is 49.8 Å². The smallest absolute Gasteiger partial charge is 0.135 e. The Balaban J connectivity index is 2.07. The first kappa shape index (κ1) is 16.0. The van der Waals surface area contributed by atoms with Crippen LogP contribution in [0.25, 0.3) is 0 Å². The largest absolute Gasteiger partial charge is 0.376 e. The Hall–Kier alpha value is -1.36. The molecule has 2 N–H and O–H groups in total. The molecule has 1 aliphatic rings. The lowest BCUT2D eigenvalue weighted by Crippen LogP contribution is -2.45. The molecule has 1 aromatic heterocycles. The number of hydrogen-bond donors (Lipinski definition) is 2. The molecular weight excluding hydrogens is 264 g/mol. The molecule has 1 saturated carbocycles. The minimum absolute atomic E-state index is 0.0000452. The van der Waals surface area contributed by atoms with E-state index in [4.69, 9.17) is 4.74 Å². The van der Waals surface area contributed by atoms with Crippen LogP contribution in [0.5, 0.6) is 0 Å². The Kier molecular flexibility index (Phi) is 5.39. The lowest BCUT2D eigenvalue weighted by atomic mass is 9.80. The van der Waals surface area contributed by atoms with Gasteiger partial charge in [0.25, 0.3) is 0 Å². The van der Waals surface area contributed by atoms with Crippen molar-refractivity contribution in [3.8, 4) is 0 Å². The van der Waals surface area contributed by atoms with Gasteiger partial charge in [-0.25, -0.2) is 9.97 Å². The van der Waals surface area contributed by atoms with E-state index in [-0.39, 0.29) is 5.60 Å². The van der Waals surface area contributed by atoms with E-state index >= 15 is 0 Å². The first-order valence-electron chi connectivity index (χ1n) is 8.00. The molecule has 0 saturated heterocycles. The standard InChI is InChI=1S/C16H28N4O/c1-5-9-17-13-10-14(20-15(19-13)12(2)3)18-11-16(21-4)7-6-8-16/h10,12H,5-9,11H2,1-4H3,(H2,17,18,19,20). The van der Waals surface area contributed by atoms with E-state index in [2.05, 4.69) is 41.4 Å². The SMILES string of the molecule is CCCNc1cc(NCC2(OC)CCC2)nc(C(C)C)n1. The minimum atomic E-state index is -0.0000452. The first-order valence-corrected chi connectivity index (χ1v) is 8.00. The third-order valence-corrected chi connectivity index (χ3v) is 4.11. The predicted molar refractivity (Wildman–Crippen MR) is 87.0 cm³/mol. The molecule has 0 spiro atoms. The molecule has 0 unspecified atom stereocenters. The number of aromatic nitrogens is 2. The van der Waals surface area contributed by atoms with Crippen LogP contribution in [0.1, 0.15) is 58.2 Å². The number of nitrogens with one attached hydrogen (secondary N) is 2. The molecule has 0 bridgehead atoms. The van der Waals surface area contributed by atoms with E-state index in [1.807, 2.05) is 6.07 Å². The van der Waals surface area contributed by atoms with Crippen LogP contribution in [0.2, 0.25) is 0 Å². The number of ether oxygens (including phenoxy) is 1. The van der Waals surface area contributed by atoms with Gasteiger partial charge in [0.1, 0.15) is 17.5 Å². The maximum Gasteiger partial charge on any atom is 0.135 e. The fourth-order valence-electron chi connectivity index (χ4n) is 2.43. The number of methoxy groups -OCH3 is 1. The summed E-state index contributed by atoms with van der Waals surface area (Å²) in [6.07, 6.45) is 4.58. The van der Waals surface area contributed by atoms with Crippen molar-refractivity contribution in [2.45, 2.75) is 58.0 Å². The summed E-state index contributed by atoms with van der Waals surface area (Å²) in [6.45, 7) is 8.12. The van der Waals surface area contributed by atoms with Gasteiger partial charge in [-0.3, -0.25) is 0 Å². The zero-order valence-corrected chi connectivity index (χ0v) is 13.7. The van der Waals surface area contributed by atoms with Crippen molar-refractivity contribution in [1.82, 2.24) is 9.97 Å². The fourth-order valence-corrected chi connectivity index (χ4v) is 2.43. The molecule has 1 aromatic rings. The van der Waals surface area contributed by atoms with E-state index in [1.165, 1.54) is 6.42 Å². The average molecular weight is 292 g/mol. The predicted octanol–water partition coefficient (Wildman–Crippen LogP) is 3.40. The molecule has 1 aliphatic carbocycles. The Bertz CT molecular complexity index is 452. The van der Waals surface area contributed by atoms with Crippen molar-refractivity contribution in [2.24, 2.45) is 0 Å². The zero-order valence-electron chi connectivity index (χ0n) is 13.7. The van der Waals surface area contributed by atoms with Crippen molar-refractivity contribution in [3.05, 3.63) is 11.9 Å². The van der Waals surface area contributed by atoms with Crippen LogP contribution in [0.3, 0.4) is 0 Å². The number of nitrogens with zero attached hydrogens (tertiary/aromatic N) is 2. The van der Waals surface area contributed by atoms with Crippen molar-refractivity contribution in [3.63, 3.8) is 0 Å². The van der Waals surface area contributed by atoms with Crippen LogP contribution < -0.4 is 10.6 Å². The van der Waals surface area contributed by atoms with Crippen molar-refractivity contribution < 1.29 is 4.74 Å². The molecule has 21 heavy (non-hydrogen) atoms. The van der Waals surface area contributed by atoms with Crippen LogP contribution in [0.4, 0.5) is 11.6 Å². The maximum absolute atomic E-state index is 5.65. The van der Waals surface area contributed by atoms with E-state index in [1.54, 1.807) is 7.11 Å². The summed E-state index contributed by atoms with van der Waals surface area (Å²) >= 11 is 0. The van der Waals surface area contributed by atoms with Crippen LogP contribution in [-0.2, 0) is 4.74 Å². The molecule has 5 heteroatoms. The van der Waals surface area contributed by atoms with E-state index in [9.17, 15) is 0 Å². The van der Waals surface area contributed by atoms with Gasteiger partial charge >= 0.3 is 0 Å². The summed E-state index contributed by atoms with van der Waals surface area (Å²) in [4.78, 5) is 9.19. The monoisotopic (exact) mass is 292 g/mol. The highest BCUT2D eigenvalue weighted by Gasteiger charge is 2.36. The van der Waals surface area contributed by atoms with Gasteiger partial charge in [0.15, 0.2) is 0 Å². The van der Waals surface area contributed by atoms with Crippen molar-refractivity contribution >= 4 is 11.6 Å². The molecule has 0 atom stereocenters. The van der Waals surface area contributed by atoms with Gasteiger partial charge < -0.3 is 15.4 Å². The second-order valence-corrected chi connectivity index (χ2v) is 6.17. The Labute approximate surface area is 127 Å². The van der Waals surface area contributed by atoms with Crippen LogP contribution in [0.15, 0.2) is 6.07 Å². The lowest BCUT2D eigenvalue weighted by molar-refractivity contribution is -0.0601. The Morgan fingerprint density at radius 1 is 1.24 bits per heavy atom. The van der Waals surface area contributed by atoms with Crippen molar-refractivity contribution in [2.75, 3.05) is 30.8 Å². The summed E-state index contributed by atoms with van der Waals surface area (Å²) in [5.41, 5.74) is -0.0000452. The normalized spacial score (nSPS) is 16.6. The third-order valence-electron chi connectivity index (χ3n) is 4.11. The highest BCUT2D eigenvalue weighted by molar-refractivity contribution is 5.48. The molecule has 118 valence electrons. The average Bonchev–Trinajstić information content (AvgIpc) is 2.44. The Morgan fingerprint density at radius 3 is 2.38 bits per heavy atom. The van der Waals surface area contributed by atoms with Crippen LogP contribution in [0, 0.1) is 0 Å². The highest BCUT2D eigenvalue weighted by atomic mass is 16.5. The highest BCUT2D eigenvalue weighted by Crippen LogP contribution is 2.35. The summed E-state index contributed by atoms with van der Waals surface area (Å²) in [5, 5.41) is 6.78. The summed E-state index contributed by atoms with van der Waals surface area (Å²) in [7, 11) is 1.80. The quantitative estimate of drug-likeness (QED) is 0.769. The van der Waals surface area contributed by atoms with Gasteiger partial charge in [-0.05, 0) is 25.7 Å². The van der Waals surface area contributed by atoms with Crippen molar-refractivity contribution in [1.29, 1.82) is 0 Å². The molecule has 0 aromatic carbocycles. The van der Waals surface area contributed by atoms with Gasteiger partial charge in [0, 0.05) is 32.2 Å². The lowest BCUT2D eigenvalue weighted by Gasteiger charge is -2.40. The van der Waals surface area contributed by atoms with E-state index in [0.29, 0.717) is 5.92 Å². The first-order chi connectivity index (χ1) is 10.1. The summed E-state index contributed by atoms with van der Waals surface area (Å²) in [5.74, 6) is 2.97. The third kappa shape index (κ3) is 4.06. The van der Waals surface area contributed by atoms with Gasteiger partial charge in [0.2, 0.25) is 0 Å². The Morgan fingerprint density at radius 2 is 1.90 bits per heavy atom. The van der Waals surface area contributed by atoms with E-state index < -0.39 is 0 Å². The molecule has 0 amide bonds. The molecule has 1 heterocycles. The van der Waals surface area contributed by atoms with Gasteiger partial charge in [-0.2, -0.15) is 0 Å². The summed E-state index contributed by atoms with van der Waals surface area (Å²) < 4.78 is 5.65. The topological polar surface area (TPSA) is 59.1 Å². The number of hydrogen-bond acceptors (Lipinski definition) is 5. The number of rotatable bonds is 8. The van der Waals surface area contributed by atoms with Crippen LogP contribution >= 0.6 is 0 Å². The molecule has 0 radical (unpaired) electrons. The number of anilines is 2. The summed E-state index contributed by atoms with van der Waals surface area (Å²) in [6, 6.07) is 1.99. The second kappa shape index (κ2) is 7.07. The van der Waals surface area contributed by atoms with Gasteiger partial charge in [-0.1, -0.05) is 20.8 Å². The maximum atomic E-state index is 5.65.